The quantitative estimate of drug-likeness (QED) is 0.293. The van der Waals surface area contributed by atoms with Crippen LogP contribution in [0.1, 0.15) is 33.6 Å². The van der Waals surface area contributed by atoms with Crippen molar-refractivity contribution < 1.29 is 19.1 Å². The van der Waals surface area contributed by atoms with E-state index < -0.39 is 0 Å². The molecule has 0 saturated carbocycles. The van der Waals surface area contributed by atoms with Gasteiger partial charge in [0.2, 0.25) is 0 Å². The van der Waals surface area contributed by atoms with Crippen LogP contribution in [-0.2, 0) is 9.47 Å². The Hall–Kier alpha value is -3.18. The van der Waals surface area contributed by atoms with E-state index in [-0.39, 0.29) is 24.0 Å². The first kappa shape index (κ1) is 25.1. The average molecular weight is 547 g/mol. The van der Waals surface area contributed by atoms with Gasteiger partial charge < -0.3 is 20.1 Å². The maximum absolute atomic E-state index is 12.9. The summed E-state index contributed by atoms with van der Waals surface area (Å²) in [6.45, 7) is 2.53. The Morgan fingerprint density at radius 1 is 0.737 bits per heavy atom. The summed E-state index contributed by atoms with van der Waals surface area (Å²) in [6.07, 6.45) is 5.62. The summed E-state index contributed by atoms with van der Waals surface area (Å²) >= 11 is 0. The maximum atomic E-state index is 12.9. The number of amides is 2. The minimum atomic E-state index is -0.129. The van der Waals surface area contributed by atoms with Gasteiger partial charge in [0.05, 0.1) is 23.2 Å². The zero-order valence-corrected chi connectivity index (χ0v) is 22.1. The number of carbonyl (C=O) groups excluding carboxylic acids is 2. The van der Waals surface area contributed by atoms with E-state index in [1.54, 1.807) is 34.0 Å². The van der Waals surface area contributed by atoms with Crippen LogP contribution >= 0.6 is 21.6 Å². The Balaban J connectivity index is 1.21. The van der Waals surface area contributed by atoms with Gasteiger partial charge in [-0.3, -0.25) is 19.6 Å². The summed E-state index contributed by atoms with van der Waals surface area (Å²) in [7, 11) is 3.11. The monoisotopic (exact) mass is 546 g/mol. The molecule has 4 heterocycles. The Labute approximate surface area is 227 Å². The molecule has 6 rings (SSSR count). The first-order valence-corrected chi connectivity index (χ1v) is 14.7. The Morgan fingerprint density at radius 3 is 1.58 bits per heavy atom. The first-order valence-electron chi connectivity index (χ1n) is 12.6. The van der Waals surface area contributed by atoms with Crippen LogP contribution in [0.3, 0.4) is 0 Å². The van der Waals surface area contributed by atoms with Gasteiger partial charge in [0.25, 0.3) is 11.8 Å². The number of rotatable bonds is 9. The fourth-order valence-electron chi connectivity index (χ4n) is 4.41. The van der Waals surface area contributed by atoms with E-state index in [1.165, 1.54) is 0 Å². The number of pyridine rings is 2. The third-order valence-electron chi connectivity index (χ3n) is 6.74. The lowest BCUT2D eigenvalue weighted by atomic mass is 10.1. The molecule has 2 aliphatic heterocycles. The largest absolute Gasteiger partial charge is 0.376 e. The number of aromatic nitrogens is 2. The van der Waals surface area contributed by atoms with Crippen molar-refractivity contribution in [3.63, 3.8) is 0 Å². The molecule has 2 atom stereocenters. The Kier molecular flexibility index (Phi) is 7.46. The molecular weight excluding hydrogens is 520 g/mol. The molecule has 0 aliphatic carbocycles. The molecule has 2 N–H and O–H groups in total. The Bertz CT molecular complexity index is 1390. The molecule has 2 saturated heterocycles. The van der Waals surface area contributed by atoms with Gasteiger partial charge in [-0.1, -0.05) is 33.7 Å². The van der Waals surface area contributed by atoms with Crippen molar-refractivity contribution in [1.82, 2.24) is 20.6 Å². The summed E-state index contributed by atoms with van der Waals surface area (Å²) in [5.41, 5.74) is 2.72. The molecule has 8 nitrogen and oxygen atoms in total. The molecule has 0 radical (unpaired) electrons. The molecule has 38 heavy (non-hydrogen) atoms. The second kappa shape index (κ2) is 11.3. The standard InChI is InChI=1S/C28H26N4O4S2/c33-27(31-15-17-9-13-35-17)21-5-7-23(25-19(21)3-1-11-29-25)37-38-24-8-6-22(20-4-2-12-30-26(20)24)28(34)32-16-18-10-14-36-18/h1-8,11-12,17-18H,9-10,13-16H2,(H,31,33)(H,32,34). The van der Waals surface area contributed by atoms with Gasteiger partial charge in [-0.25, -0.2) is 0 Å². The van der Waals surface area contributed by atoms with Crippen LogP contribution in [0.15, 0.2) is 70.7 Å². The van der Waals surface area contributed by atoms with Gasteiger partial charge in [0.15, 0.2) is 0 Å². The number of hydrogen-bond donors (Lipinski definition) is 2. The van der Waals surface area contributed by atoms with E-state index in [9.17, 15) is 9.59 Å². The molecule has 2 aromatic carbocycles. The van der Waals surface area contributed by atoms with Gasteiger partial charge in [0, 0.05) is 70.4 Å². The number of nitrogens with zero attached hydrogens (tertiary/aromatic N) is 2. The third-order valence-corrected chi connectivity index (χ3v) is 9.17. The fraction of sp³-hybridized carbons (Fsp3) is 0.286. The molecule has 2 aliphatic rings. The third kappa shape index (κ3) is 5.22. The van der Waals surface area contributed by atoms with Gasteiger partial charge in [-0.15, -0.1) is 0 Å². The van der Waals surface area contributed by atoms with E-state index in [0.717, 1.165) is 57.7 Å². The molecule has 10 heteroatoms. The predicted octanol–water partition coefficient (Wildman–Crippen LogP) is 4.62. The highest BCUT2D eigenvalue weighted by atomic mass is 33.1. The number of fused-ring (bicyclic) bond motifs is 2. The van der Waals surface area contributed by atoms with Crippen molar-refractivity contribution in [1.29, 1.82) is 0 Å². The molecule has 4 aromatic rings. The highest BCUT2D eigenvalue weighted by Gasteiger charge is 2.22. The smallest absolute Gasteiger partial charge is 0.252 e. The van der Waals surface area contributed by atoms with Crippen molar-refractivity contribution in [3.05, 3.63) is 72.1 Å². The van der Waals surface area contributed by atoms with Crippen molar-refractivity contribution in [2.45, 2.75) is 34.8 Å². The minimum absolute atomic E-state index is 0.104. The van der Waals surface area contributed by atoms with Gasteiger partial charge >= 0.3 is 0 Å². The van der Waals surface area contributed by atoms with E-state index in [4.69, 9.17) is 9.47 Å². The molecule has 2 aromatic heterocycles. The zero-order valence-electron chi connectivity index (χ0n) is 20.5. The predicted molar refractivity (Wildman–Crippen MR) is 149 cm³/mol. The molecule has 2 unspecified atom stereocenters. The summed E-state index contributed by atoms with van der Waals surface area (Å²) in [6, 6.07) is 15.1. The van der Waals surface area contributed by atoms with Gasteiger partial charge in [-0.05, 0) is 49.2 Å². The van der Waals surface area contributed by atoms with Crippen molar-refractivity contribution in [2.24, 2.45) is 0 Å². The summed E-state index contributed by atoms with van der Waals surface area (Å²) in [5.74, 6) is -0.258. The molecule has 2 amide bonds. The van der Waals surface area contributed by atoms with Crippen LogP contribution in [0.2, 0.25) is 0 Å². The molecular formula is C28H26N4O4S2. The van der Waals surface area contributed by atoms with Crippen LogP contribution in [-0.4, -0.2) is 60.3 Å². The second-order valence-electron chi connectivity index (χ2n) is 9.17. The van der Waals surface area contributed by atoms with Crippen LogP contribution < -0.4 is 10.6 Å². The van der Waals surface area contributed by atoms with Crippen molar-refractivity contribution >= 4 is 55.2 Å². The molecule has 0 spiro atoms. The lowest BCUT2D eigenvalue weighted by Crippen LogP contribution is -2.39. The summed E-state index contributed by atoms with van der Waals surface area (Å²) in [5, 5.41) is 7.55. The van der Waals surface area contributed by atoms with Crippen LogP contribution in [0.5, 0.6) is 0 Å². The lowest BCUT2D eigenvalue weighted by molar-refractivity contribution is -0.0473. The second-order valence-corrected chi connectivity index (χ2v) is 11.4. The van der Waals surface area contributed by atoms with Gasteiger partial charge in [0.1, 0.15) is 0 Å². The van der Waals surface area contributed by atoms with Crippen LogP contribution in [0.25, 0.3) is 21.8 Å². The highest BCUT2D eigenvalue weighted by molar-refractivity contribution is 8.76. The van der Waals surface area contributed by atoms with Crippen LogP contribution in [0, 0.1) is 0 Å². The molecule has 2 fully saturated rings. The minimum Gasteiger partial charge on any atom is -0.376 e. The number of ether oxygens (including phenoxy) is 2. The maximum Gasteiger partial charge on any atom is 0.252 e. The SMILES string of the molecule is O=C(NCC1CCO1)c1ccc(SSc2ccc(C(=O)NCC3CCO3)c3cccnc23)c2ncccc12. The normalized spacial score (nSPS) is 18.5. The van der Waals surface area contributed by atoms with Crippen molar-refractivity contribution in [3.8, 4) is 0 Å². The number of benzene rings is 2. The van der Waals surface area contributed by atoms with Crippen LogP contribution in [0.4, 0.5) is 0 Å². The summed E-state index contributed by atoms with van der Waals surface area (Å²) in [4.78, 5) is 36.8. The lowest BCUT2D eigenvalue weighted by Gasteiger charge is -2.26. The van der Waals surface area contributed by atoms with Crippen molar-refractivity contribution in [2.75, 3.05) is 26.3 Å². The number of carbonyl (C=O) groups is 2. The van der Waals surface area contributed by atoms with Gasteiger partial charge in [-0.2, -0.15) is 0 Å². The highest BCUT2D eigenvalue weighted by Crippen LogP contribution is 2.43. The number of nitrogens with one attached hydrogen (secondary N) is 2. The van der Waals surface area contributed by atoms with E-state index in [2.05, 4.69) is 20.6 Å². The summed E-state index contributed by atoms with van der Waals surface area (Å²) < 4.78 is 10.8. The van der Waals surface area contributed by atoms with E-state index >= 15 is 0 Å². The van der Waals surface area contributed by atoms with E-state index in [1.807, 2.05) is 48.5 Å². The fourth-order valence-corrected chi connectivity index (χ4v) is 6.66. The Morgan fingerprint density at radius 2 is 1.18 bits per heavy atom. The zero-order chi connectivity index (χ0) is 25.9. The van der Waals surface area contributed by atoms with E-state index in [0.29, 0.717) is 24.2 Å². The first-order chi connectivity index (χ1) is 18.7. The molecule has 0 bridgehead atoms. The topological polar surface area (TPSA) is 102 Å². The average Bonchev–Trinajstić information content (AvgIpc) is 2.89. The molecule has 194 valence electrons. The number of hydrogen-bond acceptors (Lipinski definition) is 8.